The highest BCUT2D eigenvalue weighted by Crippen LogP contribution is 2.34. The van der Waals surface area contributed by atoms with Crippen LogP contribution in [-0.2, 0) is 6.54 Å². The van der Waals surface area contributed by atoms with Crippen molar-refractivity contribution in [3.63, 3.8) is 0 Å². The van der Waals surface area contributed by atoms with Crippen molar-refractivity contribution in [3.8, 4) is 0 Å². The van der Waals surface area contributed by atoms with Crippen LogP contribution in [0.5, 0.6) is 0 Å². The molecule has 0 spiro atoms. The van der Waals surface area contributed by atoms with Gasteiger partial charge in [-0.3, -0.25) is 0 Å². The van der Waals surface area contributed by atoms with Gasteiger partial charge in [0.25, 0.3) is 0 Å². The lowest BCUT2D eigenvalue weighted by molar-refractivity contribution is 0.500. The van der Waals surface area contributed by atoms with Gasteiger partial charge in [-0.05, 0) is 18.2 Å². The summed E-state index contributed by atoms with van der Waals surface area (Å²) >= 11 is 15.3. The SMILES string of the molecule is Fc1cccc(CNc2c(Cl)cc(Br)cc2Cl)c1F. The van der Waals surface area contributed by atoms with Gasteiger partial charge in [-0.15, -0.1) is 0 Å². The predicted molar refractivity (Wildman–Crippen MR) is 77.8 cm³/mol. The summed E-state index contributed by atoms with van der Waals surface area (Å²) in [6.07, 6.45) is 0. The smallest absolute Gasteiger partial charge is 0.163 e. The second-order valence-corrected chi connectivity index (χ2v) is 5.54. The van der Waals surface area contributed by atoms with Gasteiger partial charge >= 0.3 is 0 Å². The molecule has 2 rings (SSSR count). The first-order chi connectivity index (χ1) is 8.99. The van der Waals surface area contributed by atoms with Crippen molar-refractivity contribution >= 4 is 44.8 Å². The highest BCUT2D eigenvalue weighted by molar-refractivity contribution is 9.10. The average Bonchev–Trinajstić information content (AvgIpc) is 2.33. The molecule has 0 aliphatic heterocycles. The molecule has 0 fully saturated rings. The molecule has 0 unspecified atom stereocenters. The lowest BCUT2D eigenvalue weighted by Gasteiger charge is -2.11. The standard InChI is InChI=1S/C13H8BrCl2F2N/c14-8-4-9(15)13(10(16)5-8)19-6-7-2-1-3-11(17)12(7)18/h1-5,19H,6H2. The minimum atomic E-state index is -0.882. The van der Waals surface area contributed by atoms with Gasteiger partial charge in [-0.1, -0.05) is 51.3 Å². The first-order valence-corrected chi connectivity index (χ1v) is 6.85. The lowest BCUT2D eigenvalue weighted by Crippen LogP contribution is -2.04. The van der Waals surface area contributed by atoms with Crippen molar-refractivity contribution in [1.82, 2.24) is 0 Å². The Kier molecular flexibility index (Phi) is 4.66. The molecule has 0 atom stereocenters. The van der Waals surface area contributed by atoms with Crippen LogP contribution in [0.3, 0.4) is 0 Å². The van der Waals surface area contributed by atoms with Crippen molar-refractivity contribution in [3.05, 3.63) is 62.0 Å². The maximum absolute atomic E-state index is 13.5. The predicted octanol–water partition coefficient (Wildman–Crippen LogP) is 5.65. The van der Waals surface area contributed by atoms with Gasteiger partial charge in [0.1, 0.15) is 0 Å². The molecular formula is C13H8BrCl2F2N. The van der Waals surface area contributed by atoms with E-state index in [1.807, 2.05) is 0 Å². The van der Waals surface area contributed by atoms with Crippen LogP contribution in [-0.4, -0.2) is 0 Å². The molecule has 0 bridgehead atoms. The first kappa shape index (κ1) is 14.6. The zero-order valence-corrected chi connectivity index (χ0v) is 12.6. The summed E-state index contributed by atoms with van der Waals surface area (Å²) in [5, 5.41) is 3.70. The van der Waals surface area contributed by atoms with Gasteiger partial charge < -0.3 is 5.32 Å². The Bertz CT molecular complexity index is 597. The molecule has 0 aliphatic rings. The molecule has 100 valence electrons. The van der Waals surface area contributed by atoms with Gasteiger partial charge in [0.15, 0.2) is 11.6 Å². The third-order valence-electron chi connectivity index (χ3n) is 2.49. The molecule has 6 heteroatoms. The Labute approximate surface area is 127 Å². The Hall–Kier alpha value is -0.840. The topological polar surface area (TPSA) is 12.0 Å². The number of hydrogen-bond acceptors (Lipinski definition) is 1. The maximum Gasteiger partial charge on any atom is 0.163 e. The van der Waals surface area contributed by atoms with Gasteiger partial charge in [0.2, 0.25) is 0 Å². The summed E-state index contributed by atoms with van der Waals surface area (Å²) in [6.45, 7) is 0.0880. The summed E-state index contributed by atoms with van der Waals surface area (Å²) in [4.78, 5) is 0. The van der Waals surface area contributed by atoms with E-state index in [-0.39, 0.29) is 12.1 Å². The van der Waals surface area contributed by atoms with Crippen LogP contribution >= 0.6 is 39.1 Å². The highest BCUT2D eigenvalue weighted by Gasteiger charge is 2.10. The zero-order valence-electron chi connectivity index (χ0n) is 9.48. The molecule has 0 saturated heterocycles. The van der Waals surface area contributed by atoms with E-state index in [0.717, 1.165) is 10.5 Å². The van der Waals surface area contributed by atoms with Crippen LogP contribution in [0.15, 0.2) is 34.8 Å². The Balaban J connectivity index is 2.22. The summed E-state index contributed by atoms with van der Waals surface area (Å²) < 4.78 is 27.3. The lowest BCUT2D eigenvalue weighted by atomic mass is 10.2. The Morgan fingerprint density at radius 3 is 2.37 bits per heavy atom. The molecule has 0 amide bonds. The number of hydrogen-bond donors (Lipinski definition) is 1. The molecule has 0 aliphatic carbocycles. The fraction of sp³-hybridized carbons (Fsp3) is 0.0769. The van der Waals surface area contributed by atoms with Crippen molar-refractivity contribution in [1.29, 1.82) is 0 Å². The average molecular weight is 367 g/mol. The molecule has 0 radical (unpaired) electrons. The summed E-state index contributed by atoms with van der Waals surface area (Å²) in [6, 6.07) is 7.33. The van der Waals surface area contributed by atoms with E-state index in [1.165, 1.54) is 12.1 Å². The van der Waals surface area contributed by atoms with E-state index in [2.05, 4.69) is 21.2 Å². The molecule has 2 aromatic rings. The third kappa shape index (κ3) is 3.38. The third-order valence-corrected chi connectivity index (χ3v) is 3.55. The second kappa shape index (κ2) is 6.07. The summed E-state index contributed by atoms with van der Waals surface area (Å²) in [5.74, 6) is -1.76. The molecule has 1 N–H and O–H groups in total. The summed E-state index contributed by atoms with van der Waals surface area (Å²) in [7, 11) is 0. The van der Waals surface area contributed by atoms with E-state index in [9.17, 15) is 8.78 Å². The van der Waals surface area contributed by atoms with Gasteiger partial charge in [0.05, 0.1) is 15.7 Å². The molecule has 1 nitrogen and oxygen atoms in total. The van der Waals surface area contributed by atoms with Crippen molar-refractivity contribution < 1.29 is 8.78 Å². The fourth-order valence-corrected chi connectivity index (χ4v) is 2.92. The molecule has 0 saturated carbocycles. The van der Waals surface area contributed by atoms with Crippen molar-refractivity contribution in [2.24, 2.45) is 0 Å². The molecule has 2 aromatic carbocycles. The van der Waals surface area contributed by atoms with Crippen LogP contribution in [0.1, 0.15) is 5.56 Å². The first-order valence-electron chi connectivity index (χ1n) is 5.30. The van der Waals surface area contributed by atoms with Crippen molar-refractivity contribution in [2.75, 3.05) is 5.32 Å². The molecule has 0 aromatic heterocycles. The molecular weight excluding hydrogens is 359 g/mol. The van der Waals surface area contributed by atoms with Crippen LogP contribution in [0.2, 0.25) is 10.0 Å². The number of nitrogens with one attached hydrogen (secondary N) is 1. The monoisotopic (exact) mass is 365 g/mol. The van der Waals surface area contributed by atoms with Crippen LogP contribution in [0.25, 0.3) is 0 Å². The number of rotatable bonds is 3. The van der Waals surface area contributed by atoms with E-state index in [1.54, 1.807) is 12.1 Å². The minimum absolute atomic E-state index is 0.0880. The fourth-order valence-electron chi connectivity index (χ4n) is 1.58. The van der Waals surface area contributed by atoms with Gasteiger partial charge in [0, 0.05) is 16.6 Å². The highest BCUT2D eigenvalue weighted by atomic mass is 79.9. The van der Waals surface area contributed by atoms with Crippen LogP contribution in [0.4, 0.5) is 14.5 Å². The second-order valence-electron chi connectivity index (χ2n) is 3.81. The molecule has 19 heavy (non-hydrogen) atoms. The maximum atomic E-state index is 13.5. The zero-order chi connectivity index (χ0) is 14.0. The van der Waals surface area contributed by atoms with Crippen molar-refractivity contribution in [2.45, 2.75) is 6.54 Å². The quantitative estimate of drug-likeness (QED) is 0.740. The van der Waals surface area contributed by atoms with Crippen LogP contribution < -0.4 is 5.32 Å². The van der Waals surface area contributed by atoms with E-state index in [4.69, 9.17) is 23.2 Å². The number of benzene rings is 2. The normalized spacial score (nSPS) is 10.6. The number of anilines is 1. The Morgan fingerprint density at radius 2 is 1.74 bits per heavy atom. The van der Waals surface area contributed by atoms with Gasteiger partial charge in [-0.2, -0.15) is 0 Å². The summed E-state index contributed by atoms with van der Waals surface area (Å²) in [5.41, 5.74) is 0.685. The van der Waals surface area contributed by atoms with E-state index >= 15 is 0 Å². The van der Waals surface area contributed by atoms with Crippen LogP contribution in [0, 0.1) is 11.6 Å². The van der Waals surface area contributed by atoms with E-state index in [0.29, 0.717) is 15.7 Å². The molecule has 0 heterocycles. The Morgan fingerprint density at radius 1 is 1.11 bits per heavy atom. The minimum Gasteiger partial charge on any atom is -0.378 e. The largest absolute Gasteiger partial charge is 0.378 e. The van der Waals surface area contributed by atoms with Gasteiger partial charge in [-0.25, -0.2) is 8.78 Å². The number of halogens is 5. The van der Waals surface area contributed by atoms with E-state index < -0.39 is 11.6 Å².